The molecule has 3 heterocycles. The zero-order valence-corrected chi connectivity index (χ0v) is 12.5. The van der Waals surface area contributed by atoms with E-state index in [1.165, 1.54) is 5.56 Å². The Morgan fingerprint density at radius 3 is 2.62 bits per heavy atom. The molecule has 5 heteroatoms. The number of likely N-dealkylation sites (tertiary alicyclic amines) is 2. The molecule has 1 N–H and O–H groups in total. The van der Waals surface area contributed by atoms with Gasteiger partial charge in [0.15, 0.2) is 0 Å². The van der Waals surface area contributed by atoms with Crippen LogP contribution in [-0.2, 0) is 4.79 Å². The number of hydrogen-bond donors (Lipinski definition) is 1. The Balaban J connectivity index is 1.85. The Hall–Kier alpha value is -1.46. The fraction of sp³-hybridized carbons (Fsp3) is 0.625. The number of carbonyl (C=O) groups is 1. The molecule has 1 unspecified atom stereocenters. The van der Waals surface area contributed by atoms with E-state index in [1.807, 2.05) is 36.5 Å². The van der Waals surface area contributed by atoms with Gasteiger partial charge in [0.1, 0.15) is 0 Å². The molecular formula is C16H23N3O2. The lowest BCUT2D eigenvalue weighted by molar-refractivity contribution is -0.130. The summed E-state index contributed by atoms with van der Waals surface area (Å²) in [5.74, 6) is 0.502. The summed E-state index contributed by atoms with van der Waals surface area (Å²) < 4.78 is 0. The van der Waals surface area contributed by atoms with Crippen molar-refractivity contribution in [3.05, 3.63) is 30.1 Å². The van der Waals surface area contributed by atoms with Crippen molar-refractivity contribution in [1.29, 1.82) is 0 Å². The van der Waals surface area contributed by atoms with Crippen molar-refractivity contribution in [2.24, 2.45) is 0 Å². The highest BCUT2D eigenvalue weighted by Crippen LogP contribution is 2.47. The molecule has 1 aromatic rings. The summed E-state index contributed by atoms with van der Waals surface area (Å²) in [5.41, 5.74) is 1.16. The Morgan fingerprint density at radius 2 is 2.00 bits per heavy atom. The number of rotatable bonds is 3. The third-order valence-corrected chi connectivity index (χ3v) is 5.32. The first kappa shape index (κ1) is 14.5. The second kappa shape index (κ2) is 5.73. The summed E-state index contributed by atoms with van der Waals surface area (Å²) >= 11 is 0. The van der Waals surface area contributed by atoms with E-state index >= 15 is 0 Å². The van der Waals surface area contributed by atoms with E-state index in [4.69, 9.17) is 5.11 Å². The normalized spacial score (nSPS) is 25.7. The number of piperidine rings is 1. The second-order valence-electron chi connectivity index (χ2n) is 6.16. The van der Waals surface area contributed by atoms with E-state index < -0.39 is 0 Å². The summed E-state index contributed by atoms with van der Waals surface area (Å²) in [7, 11) is 1.95. The van der Waals surface area contributed by atoms with Crippen molar-refractivity contribution in [1.82, 2.24) is 14.8 Å². The summed E-state index contributed by atoms with van der Waals surface area (Å²) in [6.07, 6.45) is 6.17. The monoisotopic (exact) mass is 289 g/mol. The molecule has 3 rings (SSSR count). The molecule has 1 amide bonds. The molecule has 21 heavy (non-hydrogen) atoms. The smallest absolute Gasteiger partial charge is 0.223 e. The number of β-amino-alcohol motifs (C(OH)–C–C–N with tert-alkyl or cyclic N) is 1. The van der Waals surface area contributed by atoms with Crippen LogP contribution >= 0.6 is 0 Å². The van der Waals surface area contributed by atoms with Crippen LogP contribution in [-0.4, -0.2) is 64.6 Å². The van der Waals surface area contributed by atoms with E-state index in [1.54, 1.807) is 0 Å². The van der Waals surface area contributed by atoms with Crippen LogP contribution in [0.15, 0.2) is 24.5 Å². The van der Waals surface area contributed by atoms with Crippen LogP contribution in [0.2, 0.25) is 0 Å². The lowest BCUT2D eigenvalue weighted by atomic mass is 9.74. The highest BCUT2D eigenvalue weighted by Gasteiger charge is 2.52. The van der Waals surface area contributed by atoms with Gasteiger partial charge in [-0.1, -0.05) is 0 Å². The van der Waals surface area contributed by atoms with E-state index in [0.29, 0.717) is 6.42 Å². The molecule has 0 aromatic carbocycles. The number of nitrogens with zero attached hydrogens (tertiary/aromatic N) is 3. The summed E-state index contributed by atoms with van der Waals surface area (Å²) in [5, 5.41) is 9.09. The standard InChI is InChI=1S/C16H23N3O2/c1-18-15(21)12-14(13-2-6-17-7-3-13)16(18)4-8-19(9-5-16)10-11-20/h2-3,6-7,14,20H,4-5,8-12H2,1H3. The molecular weight excluding hydrogens is 266 g/mol. The van der Waals surface area contributed by atoms with E-state index in [9.17, 15) is 4.79 Å². The van der Waals surface area contributed by atoms with Crippen molar-refractivity contribution in [3.8, 4) is 0 Å². The summed E-state index contributed by atoms with van der Waals surface area (Å²) in [6, 6.07) is 4.08. The average molecular weight is 289 g/mol. The summed E-state index contributed by atoms with van der Waals surface area (Å²) in [6.45, 7) is 2.82. The predicted molar refractivity (Wildman–Crippen MR) is 79.9 cm³/mol. The van der Waals surface area contributed by atoms with Gasteiger partial charge in [-0.05, 0) is 30.5 Å². The molecule has 0 saturated carbocycles. The number of aromatic nitrogens is 1. The van der Waals surface area contributed by atoms with Gasteiger partial charge >= 0.3 is 0 Å². The highest BCUT2D eigenvalue weighted by molar-refractivity contribution is 5.81. The number of amides is 1. The number of aliphatic hydroxyl groups is 1. The Labute approximate surface area is 125 Å². The minimum absolute atomic E-state index is 0.0651. The first-order chi connectivity index (χ1) is 10.2. The highest BCUT2D eigenvalue weighted by atomic mass is 16.3. The van der Waals surface area contributed by atoms with E-state index in [2.05, 4.69) is 9.88 Å². The van der Waals surface area contributed by atoms with Crippen LogP contribution in [0.4, 0.5) is 0 Å². The van der Waals surface area contributed by atoms with Crippen molar-refractivity contribution < 1.29 is 9.90 Å². The molecule has 114 valence electrons. The van der Waals surface area contributed by atoms with Gasteiger partial charge in [0.2, 0.25) is 5.91 Å². The molecule has 0 bridgehead atoms. The fourth-order valence-electron chi connectivity index (χ4n) is 4.00. The Morgan fingerprint density at radius 1 is 1.33 bits per heavy atom. The minimum atomic E-state index is -0.0651. The molecule has 2 fully saturated rings. The van der Waals surface area contributed by atoms with Gasteiger partial charge in [0, 0.05) is 51.4 Å². The molecule has 1 atom stereocenters. The number of hydrogen-bond acceptors (Lipinski definition) is 4. The van der Waals surface area contributed by atoms with Crippen molar-refractivity contribution in [2.45, 2.75) is 30.7 Å². The third-order valence-electron chi connectivity index (χ3n) is 5.32. The average Bonchev–Trinajstić information content (AvgIpc) is 2.76. The van der Waals surface area contributed by atoms with E-state index in [0.717, 1.165) is 32.5 Å². The molecule has 1 aromatic heterocycles. The molecule has 1 spiro atoms. The van der Waals surface area contributed by atoms with Crippen LogP contribution in [0, 0.1) is 0 Å². The Bertz CT molecular complexity index is 498. The first-order valence-corrected chi connectivity index (χ1v) is 7.67. The van der Waals surface area contributed by atoms with Gasteiger partial charge in [0.25, 0.3) is 0 Å². The maximum absolute atomic E-state index is 12.3. The van der Waals surface area contributed by atoms with Crippen LogP contribution < -0.4 is 0 Å². The quantitative estimate of drug-likeness (QED) is 0.896. The first-order valence-electron chi connectivity index (χ1n) is 7.67. The van der Waals surface area contributed by atoms with Crippen LogP contribution in [0.5, 0.6) is 0 Å². The molecule has 0 aliphatic carbocycles. The topological polar surface area (TPSA) is 56.7 Å². The largest absolute Gasteiger partial charge is 0.395 e. The zero-order chi connectivity index (χ0) is 14.9. The minimum Gasteiger partial charge on any atom is -0.395 e. The molecule has 5 nitrogen and oxygen atoms in total. The fourth-order valence-corrected chi connectivity index (χ4v) is 4.00. The van der Waals surface area contributed by atoms with E-state index in [-0.39, 0.29) is 24.0 Å². The van der Waals surface area contributed by atoms with Crippen LogP contribution in [0.3, 0.4) is 0 Å². The van der Waals surface area contributed by atoms with Crippen LogP contribution in [0.25, 0.3) is 0 Å². The maximum atomic E-state index is 12.3. The van der Waals surface area contributed by atoms with Crippen molar-refractivity contribution in [3.63, 3.8) is 0 Å². The lowest BCUT2D eigenvalue weighted by Crippen LogP contribution is -2.54. The number of aliphatic hydroxyl groups excluding tert-OH is 1. The lowest BCUT2D eigenvalue weighted by Gasteiger charge is -2.46. The Kier molecular flexibility index (Phi) is 3.95. The number of likely N-dealkylation sites (N-methyl/N-ethyl adjacent to an activating group) is 1. The number of pyridine rings is 1. The molecule has 0 radical (unpaired) electrons. The molecule has 2 aliphatic heterocycles. The molecule has 2 aliphatic rings. The van der Waals surface area contributed by atoms with Gasteiger partial charge < -0.3 is 14.9 Å². The van der Waals surface area contributed by atoms with Gasteiger partial charge in [-0.15, -0.1) is 0 Å². The number of carbonyl (C=O) groups excluding carboxylic acids is 1. The predicted octanol–water partition coefficient (Wildman–Crippen LogP) is 0.854. The zero-order valence-electron chi connectivity index (χ0n) is 12.5. The van der Waals surface area contributed by atoms with Crippen LogP contribution in [0.1, 0.15) is 30.7 Å². The van der Waals surface area contributed by atoms with Crippen molar-refractivity contribution >= 4 is 5.91 Å². The molecule has 2 saturated heterocycles. The van der Waals surface area contributed by atoms with Gasteiger partial charge in [-0.25, -0.2) is 0 Å². The second-order valence-corrected chi connectivity index (χ2v) is 6.16. The SMILES string of the molecule is CN1C(=O)CC(c2ccncc2)C12CCN(CCO)CC2. The van der Waals surface area contributed by atoms with Gasteiger partial charge in [-0.3, -0.25) is 9.78 Å². The third kappa shape index (κ3) is 2.45. The van der Waals surface area contributed by atoms with Crippen molar-refractivity contribution in [2.75, 3.05) is 33.3 Å². The maximum Gasteiger partial charge on any atom is 0.223 e. The summed E-state index contributed by atoms with van der Waals surface area (Å²) in [4.78, 5) is 20.6. The van der Waals surface area contributed by atoms with Gasteiger partial charge in [-0.2, -0.15) is 0 Å². The van der Waals surface area contributed by atoms with Gasteiger partial charge in [0.05, 0.1) is 12.1 Å².